The van der Waals surface area contributed by atoms with Crippen LogP contribution in [0.5, 0.6) is 5.75 Å². The monoisotopic (exact) mass is 373 g/mol. The van der Waals surface area contributed by atoms with E-state index < -0.39 is 0 Å². The van der Waals surface area contributed by atoms with Gasteiger partial charge in [0.15, 0.2) is 0 Å². The number of carbonyl (C=O) groups is 1. The number of methoxy groups -OCH3 is 1. The van der Waals surface area contributed by atoms with Crippen molar-refractivity contribution in [1.29, 1.82) is 5.26 Å². The Labute approximate surface area is 164 Å². The number of aromatic amines is 1. The van der Waals surface area contributed by atoms with E-state index in [0.29, 0.717) is 18.8 Å². The van der Waals surface area contributed by atoms with Gasteiger partial charge in [0, 0.05) is 29.6 Å². The Morgan fingerprint density at radius 2 is 1.89 bits per heavy atom. The zero-order valence-electron chi connectivity index (χ0n) is 16.3. The van der Waals surface area contributed by atoms with Crippen molar-refractivity contribution in [2.45, 2.75) is 13.8 Å². The van der Waals surface area contributed by atoms with Crippen molar-refractivity contribution < 1.29 is 9.53 Å². The lowest BCUT2D eigenvalue weighted by Gasteiger charge is -2.17. The molecule has 1 aromatic heterocycles. The molecular formula is C23H23N3O2. The molecule has 0 unspecified atom stereocenters. The molecule has 0 radical (unpaired) electrons. The second kappa shape index (κ2) is 8.45. The first-order chi connectivity index (χ1) is 13.6. The van der Waals surface area contributed by atoms with Crippen LogP contribution < -0.4 is 4.74 Å². The van der Waals surface area contributed by atoms with Crippen LogP contribution in [-0.2, 0) is 4.79 Å². The van der Waals surface area contributed by atoms with Crippen LogP contribution in [0.2, 0.25) is 0 Å². The molecule has 0 aliphatic rings. The number of nitriles is 1. The molecule has 1 heterocycles. The summed E-state index contributed by atoms with van der Waals surface area (Å²) in [5.74, 6) is 0.457. The molecule has 0 bridgehead atoms. The second-order valence-electron chi connectivity index (χ2n) is 6.34. The number of nitrogens with one attached hydrogen (secondary N) is 1. The number of H-pyrrole nitrogens is 1. The lowest BCUT2D eigenvalue weighted by molar-refractivity contribution is -0.126. The molecule has 3 rings (SSSR count). The number of ether oxygens (including phenoxy) is 1. The van der Waals surface area contributed by atoms with E-state index in [1.807, 2.05) is 62.4 Å². The third kappa shape index (κ3) is 3.63. The first-order valence-corrected chi connectivity index (χ1v) is 9.29. The minimum Gasteiger partial charge on any atom is -0.497 e. The lowest BCUT2D eigenvalue weighted by atomic mass is 10.0. The van der Waals surface area contributed by atoms with Crippen LogP contribution in [-0.4, -0.2) is 36.0 Å². The molecule has 0 spiro atoms. The number of likely N-dealkylation sites (N-methyl/N-ethyl adjacent to an activating group) is 1. The molecule has 0 atom stereocenters. The van der Waals surface area contributed by atoms with Crippen LogP contribution in [0, 0.1) is 11.3 Å². The number of hydrogen-bond donors (Lipinski definition) is 1. The first-order valence-electron chi connectivity index (χ1n) is 9.29. The van der Waals surface area contributed by atoms with Gasteiger partial charge in [0.05, 0.1) is 12.8 Å². The number of benzene rings is 2. The highest BCUT2D eigenvalue weighted by Gasteiger charge is 2.19. The molecule has 1 N–H and O–H groups in total. The van der Waals surface area contributed by atoms with Gasteiger partial charge in [0.2, 0.25) is 0 Å². The van der Waals surface area contributed by atoms with E-state index >= 15 is 0 Å². The van der Waals surface area contributed by atoms with Crippen molar-refractivity contribution in [3.05, 3.63) is 59.7 Å². The minimum absolute atomic E-state index is 0.115. The molecule has 3 aromatic rings. The molecule has 0 saturated heterocycles. The largest absolute Gasteiger partial charge is 0.497 e. The first kappa shape index (κ1) is 19.2. The van der Waals surface area contributed by atoms with Crippen molar-refractivity contribution in [2.24, 2.45) is 0 Å². The van der Waals surface area contributed by atoms with Crippen molar-refractivity contribution in [3.8, 4) is 23.1 Å². The molecular weight excluding hydrogens is 350 g/mol. The zero-order valence-corrected chi connectivity index (χ0v) is 16.3. The Bertz CT molecular complexity index is 1050. The summed E-state index contributed by atoms with van der Waals surface area (Å²) < 4.78 is 5.37. The Balaban J connectivity index is 2.25. The summed E-state index contributed by atoms with van der Waals surface area (Å²) in [4.78, 5) is 17.8. The SMILES string of the molecule is CCN(CC)C(=O)/C(C#N)=C/c1c(-c2ccccc2)[nH]c2ccc(OC)cc12. The van der Waals surface area contributed by atoms with Crippen LogP contribution in [0.4, 0.5) is 0 Å². The van der Waals surface area contributed by atoms with Crippen molar-refractivity contribution in [2.75, 3.05) is 20.2 Å². The highest BCUT2D eigenvalue weighted by molar-refractivity contribution is 6.06. The minimum atomic E-state index is -0.260. The van der Waals surface area contributed by atoms with Crippen molar-refractivity contribution in [1.82, 2.24) is 9.88 Å². The van der Waals surface area contributed by atoms with E-state index in [-0.39, 0.29) is 11.5 Å². The molecule has 0 fully saturated rings. The van der Waals surface area contributed by atoms with Gasteiger partial charge >= 0.3 is 0 Å². The van der Waals surface area contributed by atoms with Crippen LogP contribution in [0.25, 0.3) is 28.2 Å². The van der Waals surface area contributed by atoms with Crippen LogP contribution in [0.15, 0.2) is 54.1 Å². The normalized spacial score (nSPS) is 11.3. The fourth-order valence-electron chi connectivity index (χ4n) is 3.27. The third-order valence-corrected chi connectivity index (χ3v) is 4.80. The number of rotatable bonds is 6. The topological polar surface area (TPSA) is 69.1 Å². The number of amides is 1. The smallest absolute Gasteiger partial charge is 0.264 e. The van der Waals surface area contributed by atoms with Gasteiger partial charge < -0.3 is 14.6 Å². The van der Waals surface area contributed by atoms with Crippen LogP contribution in [0.3, 0.4) is 0 Å². The summed E-state index contributed by atoms with van der Waals surface area (Å²) in [6.07, 6.45) is 1.68. The molecule has 5 nitrogen and oxygen atoms in total. The predicted molar refractivity (Wildman–Crippen MR) is 112 cm³/mol. The maximum absolute atomic E-state index is 12.8. The van der Waals surface area contributed by atoms with E-state index in [1.165, 1.54) is 0 Å². The maximum Gasteiger partial charge on any atom is 0.264 e. The van der Waals surface area contributed by atoms with Gasteiger partial charge in [-0.3, -0.25) is 4.79 Å². The Hall–Kier alpha value is -3.52. The summed E-state index contributed by atoms with van der Waals surface area (Å²) >= 11 is 0. The standard InChI is InChI=1S/C23H23N3O2/c1-4-26(5-2)23(27)17(15-24)13-20-19-14-18(28-3)11-12-21(19)25-22(20)16-9-7-6-8-10-16/h6-14,25H,4-5H2,1-3H3/b17-13+. The van der Waals surface area contributed by atoms with Crippen molar-refractivity contribution in [3.63, 3.8) is 0 Å². The van der Waals surface area contributed by atoms with Gasteiger partial charge in [-0.25, -0.2) is 0 Å². The van der Waals surface area contributed by atoms with Gasteiger partial charge in [-0.05, 0) is 43.7 Å². The summed E-state index contributed by atoms with van der Waals surface area (Å²) in [5.41, 5.74) is 3.68. The van der Waals surface area contributed by atoms with Gasteiger partial charge in [0.1, 0.15) is 17.4 Å². The molecule has 0 saturated carbocycles. The Morgan fingerprint density at radius 3 is 2.50 bits per heavy atom. The van der Waals surface area contributed by atoms with Gasteiger partial charge in [-0.1, -0.05) is 30.3 Å². The summed E-state index contributed by atoms with van der Waals surface area (Å²) in [7, 11) is 1.62. The quantitative estimate of drug-likeness (QED) is 0.506. The van der Waals surface area contributed by atoms with E-state index in [0.717, 1.165) is 27.7 Å². The van der Waals surface area contributed by atoms with E-state index in [4.69, 9.17) is 4.74 Å². The number of nitrogens with zero attached hydrogens (tertiary/aromatic N) is 2. The molecule has 2 aromatic carbocycles. The number of hydrogen-bond acceptors (Lipinski definition) is 3. The predicted octanol–water partition coefficient (Wildman–Crippen LogP) is 4.62. The van der Waals surface area contributed by atoms with Gasteiger partial charge in [-0.2, -0.15) is 5.26 Å². The maximum atomic E-state index is 12.8. The number of fused-ring (bicyclic) bond motifs is 1. The fourth-order valence-corrected chi connectivity index (χ4v) is 3.27. The van der Waals surface area contributed by atoms with E-state index in [9.17, 15) is 10.1 Å². The van der Waals surface area contributed by atoms with Crippen LogP contribution >= 0.6 is 0 Å². The second-order valence-corrected chi connectivity index (χ2v) is 6.34. The van der Waals surface area contributed by atoms with Crippen LogP contribution in [0.1, 0.15) is 19.4 Å². The molecule has 142 valence electrons. The lowest BCUT2D eigenvalue weighted by Crippen LogP contribution is -2.31. The highest BCUT2D eigenvalue weighted by Crippen LogP contribution is 2.34. The Kier molecular flexibility index (Phi) is 5.81. The molecule has 0 aliphatic carbocycles. The van der Waals surface area contributed by atoms with E-state index in [1.54, 1.807) is 18.1 Å². The third-order valence-electron chi connectivity index (χ3n) is 4.80. The molecule has 0 aliphatic heterocycles. The molecule has 1 amide bonds. The molecule has 28 heavy (non-hydrogen) atoms. The van der Waals surface area contributed by atoms with Gasteiger partial charge in [-0.15, -0.1) is 0 Å². The molecule has 5 heteroatoms. The average Bonchev–Trinajstić information content (AvgIpc) is 3.10. The number of carbonyl (C=O) groups excluding carboxylic acids is 1. The van der Waals surface area contributed by atoms with Crippen molar-refractivity contribution >= 4 is 22.9 Å². The summed E-state index contributed by atoms with van der Waals surface area (Å²) in [6.45, 7) is 4.92. The zero-order chi connectivity index (χ0) is 20.1. The van der Waals surface area contributed by atoms with Gasteiger partial charge in [0.25, 0.3) is 5.91 Å². The van der Waals surface area contributed by atoms with E-state index in [2.05, 4.69) is 11.1 Å². The highest BCUT2D eigenvalue weighted by atomic mass is 16.5. The summed E-state index contributed by atoms with van der Waals surface area (Å²) in [5, 5.41) is 10.6. The summed E-state index contributed by atoms with van der Waals surface area (Å²) in [6, 6.07) is 17.7. The fraction of sp³-hybridized carbons (Fsp3) is 0.217. The average molecular weight is 373 g/mol. The Morgan fingerprint density at radius 1 is 1.18 bits per heavy atom. The number of aromatic nitrogens is 1.